The monoisotopic (exact) mass is 363 g/mol. The summed E-state index contributed by atoms with van der Waals surface area (Å²) >= 11 is 0. The van der Waals surface area contributed by atoms with Crippen LogP contribution < -0.4 is 5.32 Å². The van der Waals surface area contributed by atoms with Gasteiger partial charge >= 0.3 is 0 Å². The van der Waals surface area contributed by atoms with Crippen LogP contribution in [0.1, 0.15) is 26.4 Å². The van der Waals surface area contributed by atoms with Gasteiger partial charge in [0.05, 0.1) is 11.6 Å². The maximum atomic E-state index is 12.6. The molecule has 136 valence electrons. The Bertz CT molecular complexity index is 914. The van der Waals surface area contributed by atoms with E-state index in [-0.39, 0.29) is 11.6 Å². The van der Waals surface area contributed by atoms with E-state index in [2.05, 4.69) is 10.3 Å². The highest BCUT2D eigenvalue weighted by Crippen LogP contribution is 2.13. The molecule has 1 aromatic carbocycles. The average Bonchev–Trinajstić information content (AvgIpc) is 2.73. The summed E-state index contributed by atoms with van der Waals surface area (Å²) < 4.78 is 0. The van der Waals surface area contributed by atoms with Crippen LogP contribution in [-0.2, 0) is 4.79 Å². The summed E-state index contributed by atoms with van der Waals surface area (Å²) in [5.41, 5.74) is 1.40. The minimum absolute atomic E-state index is 0.174. The number of rotatable bonds is 4. The summed E-state index contributed by atoms with van der Waals surface area (Å²) in [6, 6.07) is 11.5. The summed E-state index contributed by atoms with van der Waals surface area (Å²) in [4.78, 5) is 43.1. The third-order valence-electron chi connectivity index (χ3n) is 4.24. The van der Waals surface area contributed by atoms with Crippen molar-refractivity contribution in [1.29, 1.82) is 5.26 Å². The largest absolute Gasteiger partial charge is 0.342 e. The van der Waals surface area contributed by atoms with E-state index in [4.69, 9.17) is 5.26 Å². The first kappa shape index (κ1) is 18.1. The number of amides is 3. The van der Waals surface area contributed by atoms with E-state index in [1.807, 2.05) is 6.07 Å². The first-order valence-corrected chi connectivity index (χ1v) is 8.37. The zero-order valence-electron chi connectivity index (χ0n) is 14.5. The Morgan fingerprint density at radius 3 is 2.63 bits per heavy atom. The molecule has 0 radical (unpaired) electrons. The summed E-state index contributed by atoms with van der Waals surface area (Å²) in [6.45, 7) is 1.81. The van der Waals surface area contributed by atoms with E-state index in [0.717, 1.165) is 6.41 Å². The molecule has 1 aromatic heterocycles. The molecule has 3 rings (SSSR count). The highest BCUT2D eigenvalue weighted by atomic mass is 16.2. The Labute approximate surface area is 156 Å². The second-order valence-corrected chi connectivity index (χ2v) is 6.01. The molecule has 2 heterocycles. The quantitative estimate of drug-likeness (QED) is 0.819. The van der Waals surface area contributed by atoms with Gasteiger partial charge in [-0.1, -0.05) is 6.07 Å². The predicted octanol–water partition coefficient (Wildman–Crippen LogP) is 1.12. The Kier molecular flexibility index (Phi) is 5.42. The fraction of sp³-hybridized carbons (Fsp3) is 0.211. The third kappa shape index (κ3) is 4.27. The Balaban J connectivity index is 1.71. The standard InChI is InChI=1S/C19H17N5O3/c20-12-14-2-1-3-16(10-14)22-18(26)15-4-5-21-17(11-15)19(27)24-8-6-23(13-25)7-9-24/h1-5,10-11,13H,6-9H2,(H,22,26). The molecule has 8 heteroatoms. The maximum Gasteiger partial charge on any atom is 0.272 e. The van der Waals surface area contributed by atoms with Gasteiger partial charge in [-0.05, 0) is 30.3 Å². The summed E-state index contributed by atoms with van der Waals surface area (Å²) in [7, 11) is 0. The number of carbonyl (C=O) groups excluding carboxylic acids is 3. The predicted molar refractivity (Wildman–Crippen MR) is 96.9 cm³/mol. The minimum Gasteiger partial charge on any atom is -0.342 e. The van der Waals surface area contributed by atoms with Crippen molar-refractivity contribution < 1.29 is 14.4 Å². The van der Waals surface area contributed by atoms with Crippen molar-refractivity contribution in [1.82, 2.24) is 14.8 Å². The molecular weight excluding hydrogens is 346 g/mol. The molecule has 0 bridgehead atoms. The molecule has 1 fully saturated rings. The molecule has 1 saturated heterocycles. The normalized spacial score (nSPS) is 13.6. The zero-order chi connectivity index (χ0) is 19.2. The number of piperazine rings is 1. The van der Waals surface area contributed by atoms with Gasteiger partial charge < -0.3 is 15.1 Å². The zero-order valence-corrected chi connectivity index (χ0v) is 14.5. The lowest BCUT2D eigenvalue weighted by molar-refractivity contribution is -0.119. The number of hydrogen-bond acceptors (Lipinski definition) is 5. The number of carbonyl (C=O) groups is 3. The summed E-state index contributed by atoms with van der Waals surface area (Å²) in [5, 5.41) is 11.6. The number of nitrogens with zero attached hydrogens (tertiary/aromatic N) is 4. The molecule has 1 aliphatic heterocycles. The molecule has 1 N–H and O–H groups in total. The second-order valence-electron chi connectivity index (χ2n) is 6.01. The van der Waals surface area contributed by atoms with Gasteiger partial charge in [-0.2, -0.15) is 5.26 Å². The summed E-state index contributed by atoms with van der Waals surface area (Å²) in [5.74, 6) is -0.672. The van der Waals surface area contributed by atoms with Crippen molar-refractivity contribution in [2.45, 2.75) is 0 Å². The number of pyridine rings is 1. The van der Waals surface area contributed by atoms with Crippen LogP contribution in [0.15, 0.2) is 42.6 Å². The van der Waals surface area contributed by atoms with Crippen LogP contribution in [-0.4, -0.2) is 59.2 Å². The number of hydrogen-bond donors (Lipinski definition) is 1. The molecular formula is C19H17N5O3. The highest BCUT2D eigenvalue weighted by molar-refractivity contribution is 6.05. The number of anilines is 1. The highest BCUT2D eigenvalue weighted by Gasteiger charge is 2.23. The van der Waals surface area contributed by atoms with Gasteiger partial charge in [-0.15, -0.1) is 0 Å². The Morgan fingerprint density at radius 1 is 1.15 bits per heavy atom. The third-order valence-corrected chi connectivity index (χ3v) is 4.24. The average molecular weight is 363 g/mol. The molecule has 0 spiro atoms. The van der Waals surface area contributed by atoms with E-state index in [1.54, 1.807) is 34.1 Å². The molecule has 0 aliphatic carbocycles. The number of nitrogens with one attached hydrogen (secondary N) is 1. The molecule has 0 saturated carbocycles. The minimum atomic E-state index is -0.396. The molecule has 0 unspecified atom stereocenters. The molecule has 3 amide bonds. The van der Waals surface area contributed by atoms with Crippen molar-refractivity contribution in [3.05, 3.63) is 59.4 Å². The topological polar surface area (TPSA) is 106 Å². The van der Waals surface area contributed by atoms with Gasteiger partial charge in [-0.3, -0.25) is 19.4 Å². The van der Waals surface area contributed by atoms with Gasteiger partial charge in [0, 0.05) is 43.6 Å². The van der Waals surface area contributed by atoms with Crippen molar-refractivity contribution in [2.75, 3.05) is 31.5 Å². The van der Waals surface area contributed by atoms with E-state index in [9.17, 15) is 14.4 Å². The number of nitriles is 1. The van der Waals surface area contributed by atoms with Crippen LogP contribution in [0.2, 0.25) is 0 Å². The molecule has 8 nitrogen and oxygen atoms in total. The van der Waals surface area contributed by atoms with Gasteiger partial charge in [0.15, 0.2) is 0 Å². The van der Waals surface area contributed by atoms with Crippen molar-refractivity contribution in [3.8, 4) is 6.07 Å². The maximum absolute atomic E-state index is 12.6. The van der Waals surface area contributed by atoms with E-state index in [1.165, 1.54) is 18.3 Å². The first-order valence-electron chi connectivity index (χ1n) is 8.37. The Morgan fingerprint density at radius 2 is 1.93 bits per heavy atom. The van der Waals surface area contributed by atoms with Gasteiger partial charge in [0.2, 0.25) is 6.41 Å². The van der Waals surface area contributed by atoms with E-state index >= 15 is 0 Å². The molecule has 2 aromatic rings. The van der Waals surface area contributed by atoms with Crippen LogP contribution in [0.25, 0.3) is 0 Å². The lowest BCUT2D eigenvalue weighted by Gasteiger charge is -2.32. The lowest BCUT2D eigenvalue weighted by Crippen LogP contribution is -2.48. The number of benzene rings is 1. The van der Waals surface area contributed by atoms with E-state index < -0.39 is 5.91 Å². The Hall–Kier alpha value is -3.73. The van der Waals surface area contributed by atoms with Crippen molar-refractivity contribution in [3.63, 3.8) is 0 Å². The van der Waals surface area contributed by atoms with Crippen LogP contribution in [0.4, 0.5) is 5.69 Å². The smallest absolute Gasteiger partial charge is 0.272 e. The molecule has 1 aliphatic rings. The van der Waals surface area contributed by atoms with Crippen LogP contribution in [0.5, 0.6) is 0 Å². The molecule has 27 heavy (non-hydrogen) atoms. The molecule has 0 atom stereocenters. The fourth-order valence-corrected chi connectivity index (χ4v) is 2.75. The van der Waals surface area contributed by atoms with Crippen LogP contribution in [0.3, 0.4) is 0 Å². The van der Waals surface area contributed by atoms with E-state index in [0.29, 0.717) is 43.0 Å². The van der Waals surface area contributed by atoms with Gasteiger partial charge in [0.25, 0.3) is 11.8 Å². The first-order chi connectivity index (χ1) is 13.1. The van der Waals surface area contributed by atoms with Gasteiger partial charge in [0.1, 0.15) is 5.69 Å². The lowest BCUT2D eigenvalue weighted by atomic mass is 10.1. The SMILES string of the molecule is N#Cc1cccc(NC(=O)c2ccnc(C(=O)N3CCN(C=O)CC3)c2)c1. The van der Waals surface area contributed by atoms with Crippen molar-refractivity contribution >= 4 is 23.9 Å². The summed E-state index contributed by atoms with van der Waals surface area (Å²) in [6.07, 6.45) is 2.18. The van der Waals surface area contributed by atoms with Crippen LogP contribution >= 0.6 is 0 Å². The fourth-order valence-electron chi connectivity index (χ4n) is 2.75. The van der Waals surface area contributed by atoms with Crippen LogP contribution in [0, 0.1) is 11.3 Å². The van der Waals surface area contributed by atoms with Gasteiger partial charge in [-0.25, -0.2) is 0 Å². The number of aromatic nitrogens is 1. The second kappa shape index (κ2) is 8.10. The van der Waals surface area contributed by atoms with Crippen molar-refractivity contribution in [2.24, 2.45) is 0 Å².